The Bertz CT molecular complexity index is 633. The van der Waals surface area contributed by atoms with Gasteiger partial charge in [0.15, 0.2) is 0 Å². The molecule has 1 aliphatic heterocycles. The highest BCUT2D eigenvalue weighted by molar-refractivity contribution is 7.88. The average molecular weight is 342 g/mol. The van der Waals surface area contributed by atoms with Crippen LogP contribution in [0, 0.1) is 5.92 Å². The Labute approximate surface area is 136 Å². The summed E-state index contributed by atoms with van der Waals surface area (Å²) < 4.78 is 29.8. The third-order valence-electron chi connectivity index (χ3n) is 3.64. The van der Waals surface area contributed by atoms with Crippen molar-refractivity contribution in [2.24, 2.45) is 5.92 Å². The number of urea groups is 1. The molecule has 128 valence electrons. The van der Waals surface area contributed by atoms with E-state index in [1.54, 1.807) is 17.0 Å². The Balaban J connectivity index is 1.88. The smallest absolute Gasteiger partial charge is 0.321 e. The summed E-state index contributed by atoms with van der Waals surface area (Å²) in [6.45, 7) is 1.54. The molecule has 0 aliphatic carbocycles. The number of nitrogens with one attached hydrogen (secondary N) is 2. The molecule has 1 aromatic heterocycles. The van der Waals surface area contributed by atoms with E-state index in [1.807, 2.05) is 0 Å². The number of ether oxygens (including phenoxy) is 1. The molecule has 0 aromatic carbocycles. The molecule has 9 heteroatoms. The predicted octanol–water partition coefficient (Wildman–Crippen LogP) is 0.883. The van der Waals surface area contributed by atoms with Crippen molar-refractivity contribution in [2.45, 2.75) is 12.8 Å². The van der Waals surface area contributed by atoms with E-state index < -0.39 is 10.0 Å². The second kappa shape index (κ2) is 7.60. The number of nitrogens with zero attached hydrogens (tertiary/aromatic N) is 2. The van der Waals surface area contributed by atoms with Crippen LogP contribution in [0.25, 0.3) is 0 Å². The maximum Gasteiger partial charge on any atom is 0.321 e. The molecule has 23 heavy (non-hydrogen) atoms. The normalized spacial score (nSPS) is 18.5. The Kier molecular flexibility index (Phi) is 5.78. The van der Waals surface area contributed by atoms with E-state index >= 15 is 0 Å². The molecule has 1 fully saturated rings. The topological polar surface area (TPSA) is 101 Å². The average Bonchev–Trinajstić information content (AvgIpc) is 2.53. The van der Waals surface area contributed by atoms with Crippen LogP contribution in [0.5, 0.6) is 5.88 Å². The molecule has 1 saturated heterocycles. The van der Waals surface area contributed by atoms with Crippen molar-refractivity contribution >= 4 is 21.7 Å². The van der Waals surface area contributed by atoms with Crippen LogP contribution in [0.2, 0.25) is 0 Å². The number of carbonyl (C=O) groups excluding carboxylic acids is 1. The van der Waals surface area contributed by atoms with E-state index in [9.17, 15) is 13.2 Å². The van der Waals surface area contributed by atoms with Crippen molar-refractivity contribution in [3.8, 4) is 5.88 Å². The van der Waals surface area contributed by atoms with Gasteiger partial charge in [0.2, 0.25) is 15.9 Å². The largest absolute Gasteiger partial charge is 0.481 e. The van der Waals surface area contributed by atoms with E-state index in [0.717, 1.165) is 19.1 Å². The standard InChI is InChI=1S/C14H22N4O4S/c1-22-13-6-5-12(9-15-13)17-14(19)18-7-3-4-11(10-18)8-16-23(2,20)21/h5-6,9,11,16H,3-4,7-8,10H2,1-2H3,(H,17,19). The highest BCUT2D eigenvalue weighted by Gasteiger charge is 2.24. The van der Waals surface area contributed by atoms with E-state index in [0.29, 0.717) is 31.2 Å². The summed E-state index contributed by atoms with van der Waals surface area (Å²) in [5.41, 5.74) is 0.590. The third kappa shape index (κ3) is 5.68. The molecule has 1 unspecified atom stereocenters. The second-order valence-corrected chi connectivity index (χ2v) is 7.43. The Hall–Kier alpha value is -1.87. The molecule has 2 rings (SSSR count). The minimum absolute atomic E-state index is 0.123. The van der Waals surface area contributed by atoms with Crippen LogP contribution in [-0.4, -0.2) is 57.3 Å². The third-order valence-corrected chi connectivity index (χ3v) is 4.33. The number of methoxy groups -OCH3 is 1. The lowest BCUT2D eigenvalue weighted by atomic mass is 9.99. The number of carbonyl (C=O) groups is 1. The maximum absolute atomic E-state index is 12.3. The molecular formula is C14H22N4O4S. The Morgan fingerprint density at radius 2 is 2.26 bits per heavy atom. The van der Waals surface area contributed by atoms with Crippen LogP contribution in [0.3, 0.4) is 0 Å². The quantitative estimate of drug-likeness (QED) is 0.827. The van der Waals surface area contributed by atoms with E-state index in [-0.39, 0.29) is 11.9 Å². The van der Waals surface area contributed by atoms with Gasteiger partial charge in [0, 0.05) is 25.7 Å². The molecule has 0 spiro atoms. The number of piperidine rings is 1. The van der Waals surface area contributed by atoms with Crippen molar-refractivity contribution in [1.82, 2.24) is 14.6 Å². The number of likely N-dealkylation sites (tertiary alicyclic amines) is 1. The van der Waals surface area contributed by atoms with Crippen molar-refractivity contribution in [1.29, 1.82) is 0 Å². The number of hydrogen-bond acceptors (Lipinski definition) is 5. The van der Waals surface area contributed by atoms with Crippen LogP contribution in [-0.2, 0) is 10.0 Å². The number of amides is 2. The van der Waals surface area contributed by atoms with E-state index in [4.69, 9.17) is 4.74 Å². The Morgan fingerprint density at radius 3 is 2.87 bits per heavy atom. The molecule has 2 amide bonds. The number of sulfonamides is 1. The van der Waals surface area contributed by atoms with Gasteiger partial charge in [-0.2, -0.15) is 0 Å². The van der Waals surface area contributed by atoms with Gasteiger partial charge >= 0.3 is 6.03 Å². The van der Waals surface area contributed by atoms with Gasteiger partial charge in [-0.25, -0.2) is 22.9 Å². The number of anilines is 1. The molecule has 0 bridgehead atoms. The SMILES string of the molecule is COc1ccc(NC(=O)N2CCCC(CNS(C)(=O)=O)C2)cn1. The van der Waals surface area contributed by atoms with Crippen molar-refractivity contribution in [3.63, 3.8) is 0 Å². The summed E-state index contributed by atoms with van der Waals surface area (Å²) in [5.74, 6) is 0.603. The number of rotatable bonds is 5. The number of hydrogen-bond donors (Lipinski definition) is 2. The van der Waals surface area contributed by atoms with Gasteiger partial charge in [0.25, 0.3) is 0 Å². The minimum atomic E-state index is -3.21. The van der Waals surface area contributed by atoms with Gasteiger partial charge < -0.3 is 15.0 Å². The summed E-state index contributed by atoms with van der Waals surface area (Å²) in [5, 5.41) is 2.79. The van der Waals surface area contributed by atoms with E-state index in [1.165, 1.54) is 13.3 Å². The highest BCUT2D eigenvalue weighted by Crippen LogP contribution is 2.18. The summed E-state index contributed by atoms with van der Waals surface area (Å²) in [6.07, 6.45) is 4.42. The fourth-order valence-electron chi connectivity index (χ4n) is 2.46. The zero-order valence-electron chi connectivity index (χ0n) is 13.3. The van der Waals surface area contributed by atoms with Crippen molar-refractivity contribution in [2.75, 3.05) is 38.3 Å². The first-order valence-corrected chi connectivity index (χ1v) is 9.27. The lowest BCUT2D eigenvalue weighted by Gasteiger charge is -2.32. The molecule has 1 aliphatic rings. The van der Waals surface area contributed by atoms with Gasteiger partial charge in [0.1, 0.15) is 0 Å². The first-order chi connectivity index (χ1) is 10.9. The molecule has 2 heterocycles. The molecular weight excluding hydrogens is 320 g/mol. The first kappa shape index (κ1) is 17.5. The van der Waals surface area contributed by atoms with Gasteiger partial charge in [0.05, 0.1) is 25.2 Å². The summed E-state index contributed by atoms with van der Waals surface area (Å²) in [7, 11) is -1.68. The predicted molar refractivity (Wildman–Crippen MR) is 87.0 cm³/mol. The van der Waals surface area contributed by atoms with Crippen LogP contribution in [0.15, 0.2) is 18.3 Å². The van der Waals surface area contributed by atoms with Crippen LogP contribution >= 0.6 is 0 Å². The van der Waals surface area contributed by atoms with Crippen molar-refractivity contribution < 1.29 is 17.9 Å². The summed E-state index contributed by atoms with van der Waals surface area (Å²) in [4.78, 5) is 18.0. The molecule has 1 aromatic rings. The summed E-state index contributed by atoms with van der Waals surface area (Å²) in [6, 6.07) is 3.18. The zero-order valence-corrected chi connectivity index (χ0v) is 14.1. The minimum Gasteiger partial charge on any atom is -0.481 e. The van der Waals surface area contributed by atoms with E-state index in [2.05, 4.69) is 15.0 Å². The van der Waals surface area contributed by atoms with Crippen LogP contribution in [0.1, 0.15) is 12.8 Å². The van der Waals surface area contributed by atoms with Gasteiger partial charge in [-0.15, -0.1) is 0 Å². The molecule has 8 nitrogen and oxygen atoms in total. The van der Waals surface area contributed by atoms with Gasteiger partial charge in [-0.1, -0.05) is 0 Å². The van der Waals surface area contributed by atoms with Crippen LogP contribution < -0.4 is 14.8 Å². The molecule has 2 N–H and O–H groups in total. The van der Waals surface area contributed by atoms with Crippen LogP contribution in [0.4, 0.5) is 10.5 Å². The highest BCUT2D eigenvalue weighted by atomic mass is 32.2. The fraction of sp³-hybridized carbons (Fsp3) is 0.571. The Morgan fingerprint density at radius 1 is 1.48 bits per heavy atom. The van der Waals surface area contributed by atoms with Gasteiger partial charge in [-0.3, -0.25) is 0 Å². The summed E-state index contributed by atoms with van der Waals surface area (Å²) >= 11 is 0. The number of pyridine rings is 1. The molecule has 1 atom stereocenters. The fourth-order valence-corrected chi connectivity index (χ4v) is 3.00. The van der Waals surface area contributed by atoms with Crippen molar-refractivity contribution in [3.05, 3.63) is 18.3 Å². The maximum atomic E-state index is 12.3. The number of aromatic nitrogens is 1. The second-order valence-electron chi connectivity index (χ2n) is 5.59. The monoisotopic (exact) mass is 342 g/mol. The molecule has 0 radical (unpaired) electrons. The lowest BCUT2D eigenvalue weighted by molar-refractivity contribution is 0.178. The first-order valence-electron chi connectivity index (χ1n) is 7.38. The van der Waals surface area contributed by atoms with Gasteiger partial charge in [-0.05, 0) is 24.8 Å². The molecule has 0 saturated carbocycles. The lowest BCUT2D eigenvalue weighted by Crippen LogP contribution is -2.45. The zero-order chi connectivity index (χ0) is 16.9.